The molecule has 4 fully saturated rings. The van der Waals surface area contributed by atoms with Gasteiger partial charge in [-0.25, -0.2) is 4.98 Å². The minimum Gasteiger partial charge on any atom is -0.296 e. The van der Waals surface area contributed by atoms with Crippen LogP contribution in [-0.4, -0.2) is 26.1 Å². The second kappa shape index (κ2) is 7.67. The fourth-order valence-electron chi connectivity index (χ4n) is 7.05. The molecule has 1 N–H and O–H groups in total. The first-order chi connectivity index (χ1) is 16.6. The van der Waals surface area contributed by atoms with E-state index >= 15 is 0 Å². The van der Waals surface area contributed by atoms with E-state index in [4.69, 9.17) is 4.98 Å². The zero-order chi connectivity index (χ0) is 22.7. The van der Waals surface area contributed by atoms with Crippen LogP contribution in [0.5, 0.6) is 0 Å². The summed E-state index contributed by atoms with van der Waals surface area (Å²) >= 11 is 1.57. The fraction of sp³-hybridized carbons (Fsp3) is 0.370. The second-order valence-corrected chi connectivity index (χ2v) is 11.4. The van der Waals surface area contributed by atoms with Gasteiger partial charge < -0.3 is 0 Å². The summed E-state index contributed by atoms with van der Waals surface area (Å²) in [5, 5.41) is 14.6. The normalized spacial score (nSPS) is 27.2. The number of aromatic nitrogens is 4. The summed E-state index contributed by atoms with van der Waals surface area (Å²) in [5.41, 5.74) is 3.15. The van der Waals surface area contributed by atoms with E-state index in [-0.39, 0.29) is 11.3 Å². The maximum Gasteiger partial charge on any atom is 0.258 e. The van der Waals surface area contributed by atoms with Crippen molar-refractivity contribution in [2.45, 2.75) is 43.9 Å². The van der Waals surface area contributed by atoms with Gasteiger partial charge >= 0.3 is 0 Å². The van der Waals surface area contributed by atoms with E-state index in [1.54, 1.807) is 23.7 Å². The fourth-order valence-corrected chi connectivity index (χ4v) is 8.01. The standard InChI is InChI=1S/C27H25N5OS/c33-24(21-11-23(19-4-3-7-28-15-19)29-22-6-2-1-5-20(21)22)30-26-32-31-25(34-26)27-12-16-8-17(13-27)10-18(9-16)14-27/h1-7,11,15-18H,8-10,12-14H2,(H,30,32,33). The first-order valence-corrected chi connectivity index (χ1v) is 12.9. The summed E-state index contributed by atoms with van der Waals surface area (Å²) in [6, 6.07) is 13.4. The molecule has 4 saturated carbocycles. The largest absolute Gasteiger partial charge is 0.296 e. The Balaban J connectivity index is 1.20. The van der Waals surface area contributed by atoms with E-state index < -0.39 is 0 Å². The molecule has 4 bridgehead atoms. The SMILES string of the molecule is O=C(Nc1nnc(C23CC4CC(CC(C4)C2)C3)s1)c1cc(-c2cccnc2)nc2ccccc12. The molecule has 0 spiro atoms. The van der Waals surface area contributed by atoms with Gasteiger partial charge in [0, 0.05) is 28.8 Å². The second-order valence-electron chi connectivity index (χ2n) is 10.4. The van der Waals surface area contributed by atoms with Crippen LogP contribution in [0.2, 0.25) is 0 Å². The van der Waals surface area contributed by atoms with Gasteiger partial charge in [0.15, 0.2) is 0 Å². The van der Waals surface area contributed by atoms with Gasteiger partial charge in [-0.05, 0) is 80.5 Å². The van der Waals surface area contributed by atoms with Crippen molar-refractivity contribution in [1.29, 1.82) is 0 Å². The predicted molar refractivity (Wildman–Crippen MR) is 133 cm³/mol. The average Bonchev–Trinajstić information content (AvgIpc) is 3.32. The highest BCUT2D eigenvalue weighted by atomic mass is 32.1. The van der Waals surface area contributed by atoms with Crippen LogP contribution in [0.3, 0.4) is 0 Å². The molecule has 0 aliphatic heterocycles. The summed E-state index contributed by atoms with van der Waals surface area (Å²) in [7, 11) is 0. The molecule has 8 rings (SSSR count). The Morgan fingerprint density at radius 3 is 2.47 bits per heavy atom. The van der Waals surface area contributed by atoms with E-state index in [9.17, 15) is 4.79 Å². The number of para-hydroxylation sites is 1. The average molecular weight is 468 g/mol. The van der Waals surface area contributed by atoms with E-state index in [1.807, 2.05) is 42.5 Å². The lowest BCUT2D eigenvalue weighted by atomic mass is 9.50. The van der Waals surface area contributed by atoms with Gasteiger partial charge in [0.25, 0.3) is 5.91 Å². The molecular formula is C27H25N5OS. The van der Waals surface area contributed by atoms with Crippen molar-refractivity contribution in [3.8, 4) is 11.3 Å². The van der Waals surface area contributed by atoms with Crippen molar-refractivity contribution in [2.75, 3.05) is 5.32 Å². The minimum absolute atomic E-state index is 0.183. The number of nitrogens with one attached hydrogen (secondary N) is 1. The first kappa shape index (κ1) is 20.2. The van der Waals surface area contributed by atoms with Crippen LogP contribution >= 0.6 is 11.3 Å². The van der Waals surface area contributed by atoms with Crippen molar-refractivity contribution in [3.63, 3.8) is 0 Å². The highest BCUT2D eigenvalue weighted by Crippen LogP contribution is 2.61. The first-order valence-electron chi connectivity index (χ1n) is 12.1. The summed E-state index contributed by atoms with van der Waals surface area (Å²) in [6.45, 7) is 0. The molecular weight excluding hydrogens is 442 g/mol. The van der Waals surface area contributed by atoms with Crippen molar-refractivity contribution in [1.82, 2.24) is 20.2 Å². The molecule has 1 amide bonds. The van der Waals surface area contributed by atoms with Gasteiger partial charge in [-0.15, -0.1) is 10.2 Å². The number of carbonyl (C=O) groups is 1. The molecule has 3 aromatic heterocycles. The number of rotatable bonds is 4. The third-order valence-corrected chi connectivity index (χ3v) is 9.14. The van der Waals surface area contributed by atoms with E-state index in [0.717, 1.165) is 44.9 Å². The monoisotopic (exact) mass is 467 g/mol. The summed E-state index contributed by atoms with van der Waals surface area (Å²) in [4.78, 5) is 22.4. The van der Waals surface area contributed by atoms with Crippen molar-refractivity contribution >= 4 is 33.3 Å². The number of carbonyl (C=O) groups excluding carboxylic acids is 1. The van der Waals surface area contributed by atoms with Crippen LogP contribution in [0.25, 0.3) is 22.2 Å². The molecule has 0 unspecified atom stereocenters. The Bertz CT molecular complexity index is 1360. The van der Waals surface area contributed by atoms with Gasteiger partial charge in [-0.3, -0.25) is 15.1 Å². The van der Waals surface area contributed by atoms with Crippen LogP contribution in [0.1, 0.15) is 53.9 Å². The van der Waals surface area contributed by atoms with Gasteiger partial charge in [0.2, 0.25) is 5.13 Å². The summed E-state index contributed by atoms with van der Waals surface area (Å²) < 4.78 is 0. The number of amides is 1. The molecule has 0 atom stereocenters. The number of fused-ring (bicyclic) bond motifs is 1. The Morgan fingerprint density at radius 1 is 0.971 bits per heavy atom. The molecule has 4 aliphatic carbocycles. The number of benzene rings is 1. The lowest BCUT2D eigenvalue weighted by Crippen LogP contribution is -2.48. The van der Waals surface area contributed by atoms with E-state index in [2.05, 4.69) is 20.5 Å². The molecule has 34 heavy (non-hydrogen) atoms. The number of pyridine rings is 2. The maximum atomic E-state index is 13.5. The molecule has 4 aliphatic rings. The molecule has 6 nitrogen and oxygen atoms in total. The maximum absolute atomic E-state index is 13.5. The topological polar surface area (TPSA) is 80.7 Å². The Kier molecular flexibility index (Phi) is 4.56. The van der Waals surface area contributed by atoms with Gasteiger partial charge in [0.1, 0.15) is 5.01 Å². The van der Waals surface area contributed by atoms with Gasteiger partial charge in [-0.1, -0.05) is 29.5 Å². The highest BCUT2D eigenvalue weighted by Gasteiger charge is 2.53. The number of hydrogen-bond acceptors (Lipinski definition) is 6. The van der Waals surface area contributed by atoms with Crippen LogP contribution in [0.4, 0.5) is 5.13 Å². The zero-order valence-electron chi connectivity index (χ0n) is 18.8. The van der Waals surface area contributed by atoms with E-state index in [1.165, 1.54) is 38.5 Å². The molecule has 0 radical (unpaired) electrons. The summed E-state index contributed by atoms with van der Waals surface area (Å²) in [6.07, 6.45) is 11.4. The Morgan fingerprint density at radius 2 is 1.74 bits per heavy atom. The number of nitrogens with zero attached hydrogens (tertiary/aromatic N) is 4. The highest BCUT2D eigenvalue weighted by molar-refractivity contribution is 7.15. The van der Waals surface area contributed by atoms with Crippen LogP contribution in [0, 0.1) is 17.8 Å². The van der Waals surface area contributed by atoms with Crippen molar-refractivity contribution in [2.24, 2.45) is 17.8 Å². The molecule has 0 saturated heterocycles. The third kappa shape index (κ3) is 3.33. The molecule has 1 aromatic carbocycles. The van der Waals surface area contributed by atoms with E-state index in [0.29, 0.717) is 10.7 Å². The van der Waals surface area contributed by atoms with Gasteiger partial charge in [-0.2, -0.15) is 0 Å². The van der Waals surface area contributed by atoms with Gasteiger partial charge in [0.05, 0.1) is 16.8 Å². The predicted octanol–water partition coefficient (Wildman–Crippen LogP) is 5.87. The molecule has 170 valence electrons. The van der Waals surface area contributed by atoms with Crippen molar-refractivity contribution in [3.05, 3.63) is 65.4 Å². The van der Waals surface area contributed by atoms with Crippen LogP contribution < -0.4 is 5.32 Å². The van der Waals surface area contributed by atoms with Crippen LogP contribution in [-0.2, 0) is 5.41 Å². The molecule has 3 heterocycles. The lowest BCUT2D eigenvalue weighted by molar-refractivity contribution is -0.00555. The quantitative estimate of drug-likeness (QED) is 0.406. The number of anilines is 1. The Hall–Kier alpha value is -3.19. The van der Waals surface area contributed by atoms with Crippen LogP contribution in [0.15, 0.2) is 54.9 Å². The molecule has 7 heteroatoms. The third-order valence-electron chi connectivity index (χ3n) is 8.06. The minimum atomic E-state index is -0.183. The zero-order valence-corrected chi connectivity index (χ0v) is 19.6. The Labute approximate surface area is 201 Å². The lowest BCUT2D eigenvalue weighted by Gasteiger charge is -2.55. The van der Waals surface area contributed by atoms with Crippen molar-refractivity contribution < 1.29 is 4.79 Å². The smallest absolute Gasteiger partial charge is 0.258 e. The molecule has 4 aromatic rings. The summed E-state index contributed by atoms with van der Waals surface area (Å²) in [5.74, 6) is 2.36. The number of hydrogen-bond donors (Lipinski definition) is 1.